The fraction of sp³-hybridized carbons (Fsp3) is 0.667. The van der Waals surface area contributed by atoms with Crippen LogP contribution in [0.1, 0.15) is 0 Å². The number of nitrogens with zero attached hydrogens (tertiary/aromatic N) is 5. The van der Waals surface area contributed by atoms with E-state index in [9.17, 15) is 0 Å². The minimum Gasteiger partial charge on any atom is -0.462 e. The van der Waals surface area contributed by atoms with E-state index in [0.717, 1.165) is 6.54 Å². The Bertz CT molecular complexity index is 355. The molecule has 0 radical (unpaired) electrons. The molecule has 0 fully saturated rings. The maximum absolute atomic E-state index is 5.42. The van der Waals surface area contributed by atoms with Gasteiger partial charge in [0, 0.05) is 20.6 Å². The molecule has 3 N–H and O–H groups in total. The van der Waals surface area contributed by atoms with Crippen LogP contribution in [0.15, 0.2) is 0 Å². The third-order valence-electron chi connectivity index (χ3n) is 1.90. The van der Waals surface area contributed by atoms with E-state index in [2.05, 4.69) is 20.4 Å². The van der Waals surface area contributed by atoms with Gasteiger partial charge in [0.1, 0.15) is 6.61 Å². The molecule has 0 saturated carbocycles. The lowest BCUT2D eigenvalue weighted by Gasteiger charge is -2.13. The molecular formula is C9H19N7O. The van der Waals surface area contributed by atoms with E-state index in [4.69, 9.17) is 10.6 Å². The van der Waals surface area contributed by atoms with Crippen LogP contribution in [0, 0.1) is 0 Å². The van der Waals surface area contributed by atoms with Crippen molar-refractivity contribution in [1.82, 2.24) is 19.9 Å². The van der Waals surface area contributed by atoms with Gasteiger partial charge in [0.25, 0.3) is 0 Å². The Morgan fingerprint density at radius 3 is 2.41 bits per heavy atom. The molecule has 0 atom stereocenters. The first-order valence-electron chi connectivity index (χ1n) is 5.20. The molecule has 8 heteroatoms. The van der Waals surface area contributed by atoms with Crippen molar-refractivity contribution in [2.24, 2.45) is 5.84 Å². The predicted octanol–water partition coefficient (Wildman–Crippen LogP) is -0.836. The zero-order valence-corrected chi connectivity index (χ0v) is 10.6. The molecule has 17 heavy (non-hydrogen) atoms. The van der Waals surface area contributed by atoms with E-state index >= 15 is 0 Å². The Hall–Kier alpha value is -1.67. The van der Waals surface area contributed by atoms with Crippen molar-refractivity contribution in [1.29, 1.82) is 0 Å². The van der Waals surface area contributed by atoms with Gasteiger partial charge < -0.3 is 14.5 Å². The van der Waals surface area contributed by atoms with E-state index < -0.39 is 0 Å². The van der Waals surface area contributed by atoms with Crippen LogP contribution < -0.4 is 20.9 Å². The summed E-state index contributed by atoms with van der Waals surface area (Å²) in [4.78, 5) is 16.0. The highest BCUT2D eigenvalue weighted by molar-refractivity contribution is 5.35. The van der Waals surface area contributed by atoms with E-state index in [1.165, 1.54) is 0 Å². The largest absolute Gasteiger partial charge is 0.462 e. The van der Waals surface area contributed by atoms with Crippen LogP contribution in [-0.2, 0) is 0 Å². The molecule has 1 heterocycles. The number of hydrogen-bond donors (Lipinski definition) is 2. The summed E-state index contributed by atoms with van der Waals surface area (Å²) in [6.45, 7) is 1.29. The zero-order chi connectivity index (χ0) is 12.8. The number of nitrogens with one attached hydrogen (secondary N) is 1. The van der Waals surface area contributed by atoms with E-state index in [1.807, 2.05) is 33.1 Å². The van der Waals surface area contributed by atoms with Gasteiger partial charge in [0.15, 0.2) is 0 Å². The number of nitrogens with two attached hydrogens (primary N) is 1. The topological polar surface area (TPSA) is 92.4 Å². The third-order valence-corrected chi connectivity index (χ3v) is 1.90. The number of rotatable bonds is 6. The Morgan fingerprint density at radius 2 is 1.88 bits per heavy atom. The SMILES string of the molecule is CN(C)CCOc1nc(NN)nc(N(C)C)n1. The first kappa shape index (κ1) is 13.4. The second kappa shape index (κ2) is 6.16. The molecular weight excluding hydrogens is 222 g/mol. The summed E-state index contributed by atoms with van der Waals surface area (Å²) in [7, 11) is 7.60. The molecule has 0 aliphatic heterocycles. The second-order valence-corrected chi connectivity index (χ2v) is 3.93. The minimum atomic E-state index is 0.263. The van der Waals surface area contributed by atoms with Crippen molar-refractivity contribution in [2.75, 3.05) is 51.7 Å². The van der Waals surface area contributed by atoms with Gasteiger partial charge in [0.05, 0.1) is 0 Å². The number of anilines is 2. The summed E-state index contributed by atoms with van der Waals surface area (Å²) >= 11 is 0. The number of hydrogen-bond acceptors (Lipinski definition) is 8. The average molecular weight is 241 g/mol. The van der Waals surface area contributed by atoms with E-state index in [1.54, 1.807) is 4.90 Å². The summed E-state index contributed by atoms with van der Waals surface area (Å²) < 4.78 is 5.42. The van der Waals surface area contributed by atoms with Crippen LogP contribution in [0.4, 0.5) is 11.9 Å². The second-order valence-electron chi connectivity index (χ2n) is 3.93. The van der Waals surface area contributed by atoms with Gasteiger partial charge in [-0.2, -0.15) is 15.0 Å². The smallest absolute Gasteiger partial charge is 0.323 e. The maximum atomic E-state index is 5.42. The first-order chi connectivity index (χ1) is 8.02. The van der Waals surface area contributed by atoms with Crippen LogP contribution in [0.2, 0.25) is 0 Å². The van der Waals surface area contributed by atoms with Crippen molar-refractivity contribution < 1.29 is 4.74 Å². The van der Waals surface area contributed by atoms with Crippen molar-refractivity contribution in [3.8, 4) is 6.01 Å². The molecule has 0 aliphatic carbocycles. The number of hydrazine groups is 1. The van der Waals surface area contributed by atoms with Crippen molar-refractivity contribution in [3.05, 3.63) is 0 Å². The first-order valence-corrected chi connectivity index (χ1v) is 5.20. The average Bonchev–Trinajstić information content (AvgIpc) is 2.28. The molecule has 0 aliphatic rings. The molecule has 0 aromatic carbocycles. The Morgan fingerprint density at radius 1 is 1.18 bits per heavy atom. The minimum absolute atomic E-state index is 0.263. The lowest BCUT2D eigenvalue weighted by molar-refractivity contribution is 0.245. The number of nitrogen functional groups attached to an aromatic ring is 1. The molecule has 1 rings (SSSR count). The Balaban J connectivity index is 2.73. The standard InChI is InChI=1S/C9H19N7O/c1-15(2)5-6-17-9-12-7(14-10)11-8(13-9)16(3)4/h5-6,10H2,1-4H3,(H,11,12,13,14). The van der Waals surface area contributed by atoms with Gasteiger partial charge in [0.2, 0.25) is 11.9 Å². The molecule has 0 amide bonds. The molecule has 1 aromatic rings. The van der Waals surface area contributed by atoms with Gasteiger partial charge in [-0.3, -0.25) is 5.43 Å². The summed E-state index contributed by atoms with van der Waals surface area (Å²) in [5.74, 6) is 6.05. The fourth-order valence-corrected chi connectivity index (χ4v) is 0.994. The maximum Gasteiger partial charge on any atom is 0.323 e. The Labute approximate surface area is 101 Å². The highest BCUT2D eigenvalue weighted by Gasteiger charge is 2.08. The van der Waals surface area contributed by atoms with E-state index in [-0.39, 0.29) is 12.0 Å². The van der Waals surface area contributed by atoms with Crippen LogP contribution in [0.3, 0.4) is 0 Å². The summed E-state index contributed by atoms with van der Waals surface area (Å²) in [5.41, 5.74) is 2.38. The highest BCUT2D eigenvalue weighted by Crippen LogP contribution is 2.11. The van der Waals surface area contributed by atoms with Crippen LogP contribution in [-0.4, -0.2) is 61.2 Å². The lowest BCUT2D eigenvalue weighted by Crippen LogP contribution is -2.22. The van der Waals surface area contributed by atoms with Crippen LogP contribution in [0.5, 0.6) is 6.01 Å². The monoisotopic (exact) mass is 241 g/mol. The lowest BCUT2D eigenvalue weighted by atomic mass is 10.6. The molecule has 8 nitrogen and oxygen atoms in total. The van der Waals surface area contributed by atoms with Crippen molar-refractivity contribution in [3.63, 3.8) is 0 Å². The van der Waals surface area contributed by atoms with Gasteiger partial charge in [-0.25, -0.2) is 5.84 Å². The number of ether oxygens (including phenoxy) is 1. The zero-order valence-electron chi connectivity index (χ0n) is 10.6. The van der Waals surface area contributed by atoms with Crippen LogP contribution >= 0.6 is 0 Å². The number of likely N-dealkylation sites (N-methyl/N-ethyl adjacent to an activating group) is 1. The quantitative estimate of drug-likeness (QED) is 0.492. The van der Waals surface area contributed by atoms with Gasteiger partial charge in [-0.05, 0) is 14.1 Å². The van der Waals surface area contributed by atoms with Gasteiger partial charge >= 0.3 is 6.01 Å². The van der Waals surface area contributed by atoms with Crippen LogP contribution in [0.25, 0.3) is 0 Å². The number of aromatic nitrogens is 3. The molecule has 0 unspecified atom stereocenters. The summed E-state index contributed by atoms with van der Waals surface area (Å²) in [6, 6.07) is 0.263. The molecule has 96 valence electrons. The molecule has 0 spiro atoms. The molecule has 0 bridgehead atoms. The van der Waals surface area contributed by atoms with Gasteiger partial charge in [-0.1, -0.05) is 0 Å². The highest BCUT2D eigenvalue weighted by atomic mass is 16.5. The third kappa shape index (κ3) is 4.37. The fourth-order valence-electron chi connectivity index (χ4n) is 0.994. The van der Waals surface area contributed by atoms with Crippen molar-refractivity contribution >= 4 is 11.9 Å². The molecule has 0 saturated heterocycles. The molecule has 1 aromatic heterocycles. The Kier molecular flexibility index (Phi) is 4.85. The van der Waals surface area contributed by atoms with E-state index in [0.29, 0.717) is 12.6 Å². The summed E-state index contributed by atoms with van der Waals surface area (Å²) in [5, 5.41) is 0. The van der Waals surface area contributed by atoms with Gasteiger partial charge in [-0.15, -0.1) is 0 Å². The predicted molar refractivity (Wildman–Crippen MR) is 66.0 cm³/mol. The summed E-state index contributed by atoms with van der Waals surface area (Å²) in [6.07, 6.45) is 0. The van der Waals surface area contributed by atoms with Crippen molar-refractivity contribution in [2.45, 2.75) is 0 Å². The normalized spacial score (nSPS) is 10.5.